The number of hydrogen-bond acceptors (Lipinski definition) is 7. The van der Waals surface area contributed by atoms with Gasteiger partial charge in [-0.25, -0.2) is 8.42 Å². The van der Waals surface area contributed by atoms with Crippen molar-refractivity contribution in [2.75, 3.05) is 11.9 Å². The maximum absolute atomic E-state index is 12.3. The van der Waals surface area contributed by atoms with Gasteiger partial charge in [-0.05, 0) is 24.5 Å². The second-order valence-corrected chi connectivity index (χ2v) is 8.17. The molecule has 10 heteroatoms. The summed E-state index contributed by atoms with van der Waals surface area (Å²) in [6, 6.07) is 9.21. The van der Waals surface area contributed by atoms with Crippen LogP contribution in [-0.4, -0.2) is 38.1 Å². The summed E-state index contributed by atoms with van der Waals surface area (Å²) in [5.74, 6) is -1.18. The Morgan fingerprint density at radius 2 is 1.93 bits per heavy atom. The first-order valence-corrected chi connectivity index (χ1v) is 10.4. The van der Waals surface area contributed by atoms with E-state index in [1.807, 2.05) is 6.07 Å². The molecule has 2 aromatic rings. The first-order chi connectivity index (χ1) is 13.7. The number of nitrogens with one attached hydrogen (secondary N) is 2. The van der Waals surface area contributed by atoms with Crippen LogP contribution in [0.1, 0.15) is 25.2 Å². The zero-order valence-electron chi connectivity index (χ0n) is 16.3. The van der Waals surface area contributed by atoms with Crippen molar-refractivity contribution < 1.29 is 27.3 Å². The van der Waals surface area contributed by atoms with Gasteiger partial charge in [0.15, 0.2) is 12.4 Å². The highest BCUT2D eigenvalue weighted by molar-refractivity contribution is 7.92. The Bertz CT molecular complexity index is 967. The fraction of sp³-hybridized carbons (Fsp3) is 0.316. The lowest BCUT2D eigenvalue weighted by Crippen LogP contribution is -2.45. The van der Waals surface area contributed by atoms with Crippen molar-refractivity contribution in [2.45, 2.75) is 26.8 Å². The number of ether oxygens (including phenoxy) is 1. The predicted molar refractivity (Wildman–Crippen MR) is 107 cm³/mol. The lowest BCUT2D eigenvalue weighted by molar-refractivity contribution is -0.150. The van der Waals surface area contributed by atoms with Crippen LogP contribution in [-0.2, 0) is 24.3 Å². The van der Waals surface area contributed by atoms with Gasteiger partial charge in [-0.3, -0.25) is 9.59 Å². The fourth-order valence-corrected chi connectivity index (χ4v) is 3.37. The molecule has 0 spiro atoms. The van der Waals surface area contributed by atoms with Crippen molar-refractivity contribution in [1.29, 1.82) is 0 Å². The highest BCUT2D eigenvalue weighted by Gasteiger charge is 2.28. The van der Waals surface area contributed by atoms with Gasteiger partial charge in [-0.1, -0.05) is 49.3 Å². The topological polar surface area (TPSA) is 128 Å². The quantitative estimate of drug-likeness (QED) is 0.593. The van der Waals surface area contributed by atoms with Crippen LogP contribution in [0.15, 0.2) is 46.3 Å². The molecule has 9 nitrogen and oxygen atoms in total. The summed E-state index contributed by atoms with van der Waals surface area (Å²) in [6.45, 7) is 4.39. The van der Waals surface area contributed by atoms with Gasteiger partial charge in [0.1, 0.15) is 11.8 Å². The number of sulfonamides is 1. The number of aromatic nitrogens is 1. The van der Waals surface area contributed by atoms with Crippen molar-refractivity contribution in [3.63, 3.8) is 0 Å². The van der Waals surface area contributed by atoms with Crippen LogP contribution in [0.5, 0.6) is 0 Å². The van der Waals surface area contributed by atoms with Crippen molar-refractivity contribution in [3.8, 4) is 0 Å². The SMILES string of the molecule is Cc1cc(NC(=O)COC(=O)C(NS(=O)(=O)C=Cc2ccccc2)C(C)C)no1. The smallest absolute Gasteiger partial charge is 0.324 e. The van der Waals surface area contributed by atoms with Gasteiger partial charge in [0.05, 0.1) is 0 Å². The van der Waals surface area contributed by atoms with Gasteiger partial charge < -0.3 is 14.6 Å². The summed E-state index contributed by atoms with van der Waals surface area (Å²) in [7, 11) is -3.91. The first-order valence-electron chi connectivity index (χ1n) is 8.81. The number of nitrogens with zero attached hydrogens (tertiary/aromatic N) is 1. The summed E-state index contributed by atoms with van der Waals surface area (Å²) < 4.78 is 36.7. The Morgan fingerprint density at radius 1 is 1.24 bits per heavy atom. The van der Waals surface area contributed by atoms with Crippen LogP contribution in [0.2, 0.25) is 0 Å². The number of hydrogen-bond donors (Lipinski definition) is 2. The van der Waals surface area contributed by atoms with Crippen LogP contribution in [0, 0.1) is 12.8 Å². The molecule has 1 atom stereocenters. The summed E-state index contributed by atoms with van der Waals surface area (Å²) in [5, 5.41) is 6.97. The number of benzene rings is 1. The van der Waals surface area contributed by atoms with Gasteiger partial charge in [-0.15, -0.1) is 0 Å². The predicted octanol–water partition coefficient (Wildman–Crippen LogP) is 2.08. The molecule has 2 rings (SSSR count). The Morgan fingerprint density at radius 3 is 2.52 bits per heavy atom. The fourth-order valence-electron chi connectivity index (χ4n) is 2.24. The van der Waals surface area contributed by atoms with E-state index in [2.05, 4.69) is 15.2 Å². The highest BCUT2D eigenvalue weighted by Crippen LogP contribution is 2.10. The Balaban J connectivity index is 1.94. The average Bonchev–Trinajstić information content (AvgIpc) is 3.08. The van der Waals surface area contributed by atoms with E-state index < -0.39 is 40.5 Å². The molecule has 2 N–H and O–H groups in total. The van der Waals surface area contributed by atoms with E-state index in [-0.39, 0.29) is 5.82 Å². The molecule has 1 heterocycles. The van der Waals surface area contributed by atoms with Crippen LogP contribution in [0.4, 0.5) is 5.82 Å². The largest absolute Gasteiger partial charge is 0.454 e. The molecule has 0 saturated heterocycles. The monoisotopic (exact) mass is 421 g/mol. The molecule has 0 aliphatic rings. The molecule has 0 fully saturated rings. The minimum Gasteiger partial charge on any atom is -0.454 e. The number of carbonyl (C=O) groups is 2. The number of esters is 1. The summed E-state index contributed by atoms with van der Waals surface area (Å²) in [5.41, 5.74) is 0.696. The Labute approximate surface area is 169 Å². The van der Waals surface area contributed by atoms with E-state index in [1.54, 1.807) is 45.0 Å². The van der Waals surface area contributed by atoms with Crippen molar-refractivity contribution in [2.24, 2.45) is 5.92 Å². The summed E-state index contributed by atoms with van der Waals surface area (Å²) >= 11 is 0. The molecule has 1 unspecified atom stereocenters. The van der Waals surface area contributed by atoms with E-state index in [1.165, 1.54) is 12.1 Å². The van der Waals surface area contributed by atoms with Gasteiger partial charge in [-0.2, -0.15) is 4.72 Å². The van der Waals surface area contributed by atoms with E-state index in [0.29, 0.717) is 11.3 Å². The molecule has 0 aliphatic heterocycles. The molecule has 156 valence electrons. The molecule has 1 aromatic heterocycles. The minimum absolute atomic E-state index is 0.190. The molecule has 0 bridgehead atoms. The molecule has 0 saturated carbocycles. The summed E-state index contributed by atoms with van der Waals surface area (Å²) in [4.78, 5) is 24.2. The maximum Gasteiger partial charge on any atom is 0.324 e. The maximum atomic E-state index is 12.3. The van der Waals surface area contributed by atoms with Crippen LogP contribution >= 0.6 is 0 Å². The molecular formula is C19H23N3O6S. The number of aryl methyl sites for hydroxylation is 1. The minimum atomic E-state index is -3.91. The van der Waals surface area contributed by atoms with E-state index >= 15 is 0 Å². The van der Waals surface area contributed by atoms with Gasteiger partial charge in [0.2, 0.25) is 10.0 Å². The molecule has 1 aromatic carbocycles. The van der Waals surface area contributed by atoms with E-state index in [0.717, 1.165) is 5.41 Å². The first kappa shape index (κ1) is 22.3. The van der Waals surface area contributed by atoms with Crippen molar-refractivity contribution >= 4 is 33.8 Å². The van der Waals surface area contributed by atoms with Crippen LogP contribution < -0.4 is 10.0 Å². The average molecular weight is 421 g/mol. The second-order valence-electron chi connectivity index (χ2n) is 6.58. The summed E-state index contributed by atoms with van der Waals surface area (Å²) in [6.07, 6.45) is 1.42. The number of rotatable bonds is 9. The lowest BCUT2D eigenvalue weighted by Gasteiger charge is -2.19. The number of amides is 1. The number of anilines is 1. The third-order valence-corrected chi connectivity index (χ3v) is 4.77. The van der Waals surface area contributed by atoms with E-state index in [9.17, 15) is 18.0 Å². The second kappa shape index (κ2) is 9.99. The number of carbonyl (C=O) groups excluding carboxylic acids is 2. The molecule has 0 aliphatic carbocycles. The standard InChI is InChI=1S/C19H23N3O6S/c1-13(2)18(22-29(25,26)10-9-15-7-5-4-6-8-15)19(24)27-12-17(23)20-16-11-14(3)28-21-16/h4-11,13,18,22H,12H2,1-3H3,(H,20,21,23). The zero-order chi connectivity index (χ0) is 21.4. The Hall–Kier alpha value is -2.98. The lowest BCUT2D eigenvalue weighted by atomic mass is 10.1. The highest BCUT2D eigenvalue weighted by atomic mass is 32.2. The van der Waals surface area contributed by atoms with Gasteiger partial charge >= 0.3 is 5.97 Å². The Kier molecular flexibility index (Phi) is 7.68. The third-order valence-electron chi connectivity index (χ3n) is 3.69. The molecule has 29 heavy (non-hydrogen) atoms. The van der Waals surface area contributed by atoms with Gasteiger partial charge in [0, 0.05) is 11.5 Å². The van der Waals surface area contributed by atoms with Crippen molar-refractivity contribution in [1.82, 2.24) is 9.88 Å². The molecular weight excluding hydrogens is 398 g/mol. The van der Waals surface area contributed by atoms with Gasteiger partial charge in [0.25, 0.3) is 5.91 Å². The van der Waals surface area contributed by atoms with Crippen LogP contribution in [0.25, 0.3) is 6.08 Å². The van der Waals surface area contributed by atoms with Crippen LogP contribution in [0.3, 0.4) is 0 Å². The van der Waals surface area contributed by atoms with E-state index in [4.69, 9.17) is 9.26 Å². The van der Waals surface area contributed by atoms with Crippen molar-refractivity contribution in [3.05, 3.63) is 53.1 Å². The molecule has 1 amide bonds. The molecule has 0 radical (unpaired) electrons. The third kappa shape index (κ3) is 7.51. The normalized spacial score (nSPS) is 12.8. The zero-order valence-corrected chi connectivity index (χ0v) is 17.1.